The summed E-state index contributed by atoms with van der Waals surface area (Å²) in [4.78, 5) is 19.0. The van der Waals surface area contributed by atoms with Gasteiger partial charge in [-0.25, -0.2) is 0 Å². The number of hydrogen-bond donors (Lipinski definition) is 1. The maximum atomic E-state index is 12.9. The van der Waals surface area contributed by atoms with Crippen molar-refractivity contribution in [1.29, 1.82) is 0 Å². The second-order valence-electron chi connectivity index (χ2n) is 5.71. The van der Waals surface area contributed by atoms with Crippen LogP contribution >= 0.6 is 40.7 Å². The summed E-state index contributed by atoms with van der Waals surface area (Å²) in [6, 6.07) is 10.4. The molecule has 1 aromatic carbocycles. The van der Waals surface area contributed by atoms with Gasteiger partial charge in [-0.1, -0.05) is 31.2 Å². The first-order valence-electron chi connectivity index (χ1n) is 7.90. The van der Waals surface area contributed by atoms with Crippen molar-refractivity contribution >= 4 is 46.7 Å². The quantitative estimate of drug-likeness (QED) is 0.773. The molecule has 1 saturated heterocycles. The number of nitrogens with one attached hydrogen (secondary N) is 1. The van der Waals surface area contributed by atoms with Crippen LogP contribution in [-0.4, -0.2) is 35.4 Å². The molecule has 1 fully saturated rings. The molecule has 2 heterocycles. The highest BCUT2D eigenvalue weighted by Gasteiger charge is 2.28. The molecule has 7 heteroatoms. The zero-order valence-electron chi connectivity index (χ0n) is 13.9. The molecule has 0 bridgehead atoms. The number of amides is 1. The second kappa shape index (κ2) is 10.1. The lowest BCUT2D eigenvalue weighted by molar-refractivity contribution is 0.0634. The van der Waals surface area contributed by atoms with Crippen LogP contribution in [0.3, 0.4) is 0 Å². The lowest BCUT2D eigenvalue weighted by atomic mass is 10.00. The summed E-state index contributed by atoms with van der Waals surface area (Å²) in [5.41, 5.74) is 3.11. The smallest absolute Gasteiger partial charge is 0.256 e. The fourth-order valence-electron chi connectivity index (χ4n) is 2.92. The molecule has 1 aromatic heterocycles. The zero-order chi connectivity index (χ0) is 16.2. The Morgan fingerprint density at radius 1 is 1.28 bits per heavy atom. The molecule has 3 rings (SSSR count). The van der Waals surface area contributed by atoms with Crippen LogP contribution < -0.4 is 5.32 Å². The number of hydrogen-bond acceptors (Lipinski definition) is 3. The number of nitrogens with zero attached hydrogens (tertiary/aromatic N) is 2. The van der Waals surface area contributed by atoms with E-state index in [0.29, 0.717) is 12.1 Å². The van der Waals surface area contributed by atoms with Gasteiger partial charge in [-0.2, -0.15) is 0 Å². The van der Waals surface area contributed by atoms with Crippen molar-refractivity contribution in [2.75, 3.05) is 19.6 Å². The summed E-state index contributed by atoms with van der Waals surface area (Å²) in [6.07, 6.45) is 4.34. The number of aryl methyl sites for hydroxylation is 1. The molecule has 25 heavy (non-hydrogen) atoms. The van der Waals surface area contributed by atoms with Gasteiger partial charge >= 0.3 is 0 Å². The Balaban J connectivity index is 0.00000156. The van der Waals surface area contributed by atoms with E-state index in [-0.39, 0.29) is 36.8 Å². The van der Waals surface area contributed by atoms with Gasteiger partial charge in [0.1, 0.15) is 0 Å². The monoisotopic (exact) mass is 445 g/mol. The maximum Gasteiger partial charge on any atom is 0.256 e. The third-order valence-corrected chi connectivity index (χ3v) is 4.66. The van der Waals surface area contributed by atoms with E-state index >= 15 is 0 Å². The van der Waals surface area contributed by atoms with Gasteiger partial charge < -0.3 is 10.2 Å². The summed E-state index contributed by atoms with van der Waals surface area (Å²) in [6.45, 7) is 4.44. The standard InChI is InChI=1S/C18H20BrN3O.2ClH/c1-2-13-3-5-14(6-4-13)17-12-20-7-8-22(17)18(23)15-9-16(19)11-21-10-15;;/h3-6,9-11,17,20H,2,7-8,12H2,1H3;2*1H. The van der Waals surface area contributed by atoms with Crippen molar-refractivity contribution in [3.05, 3.63) is 63.9 Å². The molecular weight excluding hydrogens is 425 g/mol. The molecule has 1 amide bonds. The number of carbonyl (C=O) groups is 1. The predicted molar refractivity (Wildman–Crippen MR) is 109 cm³/mol. The Bertz CT molecular complexity index is 697. The molecule has 1 unspecified atom stereocenters. The Labute approximate surface area is 169 Å². The summed E-state index contributed by atoms with van der Waals surface area (Å²) in [7, 11) is 0. The molecular formula is C18H22BrCl2N3O. The summed E-state index contributed by atoms with van der Waals surface area (Å²) in [5, 5.41) is 3.39. The summed E-state index contributed by atoms with van der Waals surface area (Å²) >= 11 is 3.38. The minimum absolute atomic E-state index is 0. The number of benzene rings is 1. The van der Waals surface area contributed by atoms with Crippen molar-refractivity contribution in [1.82, 2.24) is 15.2 Å². The average molecular weight is 447 g/mol. The molecule has 1 aliphatic rings. The van der Waals surface area contributed by atoms with Gasteiger partial charge in [-0.3, -0.25) is 9.78 Å². The van der Waals surface area contributed by atoms with Gasteiger partial charge in [0.15, 0.2) is 0 Å². The van der Waals surface area contributed by atoms with Crippen LogP contribution in [0.15, 0.2) is 47.2 Å². The van der Waals surface area contributed by atoms with Crippen LogP contribution in [0.1, 0.15) is 34.5 Å². The first-order chi connectivity index (χ1) is 11.2. The molecule has 0 spiro atoms. The number of aromatic nitrogens is 1. The van der Waals surface area contributed by atoms with Crippen LogP contribution in [0.4, 0.5) is 0 Å². The number of carbonyl (C=O) groups excluding carboxylic acids is 1. The normalized spacial score (nSPS) is 16.6. The van der Waals surface area contributed by atoms with Crippen molar-refractivity contribution < 1.29 is 4.79 Å². The second-order valence-corrected chi connectivity index (χ2v) is 6.62. The van der Waals surface area contributed by atoms with Crippen molar-refractivity contribution in [3.8, 4) is 0 Å². The highest BCUT2D eigenvalue weighted by Crippen LogP contribution is 2.25. The third kappa shape index (κ3) is 5.17. The third-order valence-electron chi connectivity index (χ3n) is 4.23. The first kappa shape index (κ1) is 21.9. The van der Waals surface area contributed by atoms with E-state index in [1.54, 1.807) is 12.4 Å². The largest absolute Gasteiger partial charge is 0.329 e. The van der Waals surface area contributed by atoms with E-state index < -0.39 is 0 Å². The summed E-state index contributed by atoms with van der Waals surface area (Å²) < 4.78 is 0.822. The Hall–Kier alpha value is -1.14. The minimum Gasteiger partial charge on any atom is -0.329 e. The van der Waals surface area contributed by atoms with E-state index in [0.717, 1.165) is 24.0 Å². The van der Waals surface area contributed by atoms with Crippen molar-refractivity contribution in [3.63, 3.8) is 0 Å². The van der Waals surface area contributed by atoms with E-state index in [4.69, 9.17) is 0 Å². The Kier molecular flexibility index (Phi) is 8.86. The Morgan fingerprint density at radius 2 is 2.00 bits per heavy atom. The van der Waals surface area contributed by atoms with Crippen LogP contribution in [0, 0.1) is 0 Å². The predicted octanol–water partition coefficient (Wildman–Crippen LogP) is 4.04. The lowest BCUT2D eigenvalue weighted by Gasteiger charge is -2.36. The molecule has 4 nitrogen and oxygen atoms in total. The fourth-order valence-corrected chi connectivity index (χ4v) is 3.28. The van der Waals surface area contributed by atoms with E-state index in [2.05, 4.69) is 57.4 Å². The zero-order valence-corrected chi connectivity index (χ0v) is 17.2. The molecule has 1 N–H and O–H groups in total. The average Bonchev–Trinajstić information content (AvgIpc) is 2.61. The minimum atomic E-state index is 0. The summed E-state index contributed by atoms with van der Waals surface area (Å²) in [5.74, 6) is 0.0323. The molecule has 0 radical (unpaired) electrons. The highest BCUT2D eigenvalue weighted by molar-refractivity contribution is 9.10. The number of rotatable bonds is 3. The van der Waals surface area contributed by atoms with Crippen molar-refractivity contribution in [2.24, 2.45) is 0 Å². The number of pyridine rings is 1. The molecule has 1 aliphatic heterocycles. The van der Waals surface area contributed by atoms with Gasteiger partial charge in [0.2, 0.25) is 0 Å². The van der Waals surface area contributed by atoms with Crippen LogP contribution in [0.2, 0.25) is 0 Å². The molecule has 1 atom stereocenters. The molecule has 0 saturated carbocycles. The van der Waals surface area contributed by atoms with E-state index in [1.807, 2.05) is 11.0 Å². The first-order valence-corrected chi connectivity index (χ1v) is 8.69. The molecule has 0 aliphatic carbocycles. The number of halogens is 3. The highest BCUT2D eigenvalue weighted by atomic mass is 79.9. The topological polar surface area (TPSA) is 45.2 Å². The maximum absolute atomic E-state index is 12.9. The molecule has 2 aromatic rings. The van der Waals surface area contributed by atoms with Gasteiger partial charge in [0.25, 0.3) is 5.91 Å². The van der Waals surface area contributed by atoms with E-state index in [1.165, 1.54) is 11.1 Å². The van der Waals surface area contributed by atoms with Crippen molar-refractivity contribution in [2.45, 2.75) is 19.4 Å². The fraction of sp³-hybridized carbons (Fsp3) is 0.333. The lowest BCUT2D eigenvalue weighted by Crippen LogP contribution is -2.48. The molecule has 136 valence electrons. The van der Waals surface area contributed by atoms with Crippen LogP contribution in [-0.2, 0) is 6.42 Å². The van der Waals surface area contributed by atoms with Gasteiger partial charge in [-0.05, 0) is 39.5 Å². The van der Waals surface area contributed by atoms with Gasteiger partial charge in [-0.15, -0.1) is 24.8 Å². The Morgan fingerprint density at radius 3 is 2.64 bits per heavy atom. The van der Waals surface area contributed by atoms with Gasteiger partial charge in [0, 0.05) is 36.5 Å². The van der Waals surface area contributed by atoms with Crippen LogP contribution in [0.5, 0.6) is 0 Å². The van der Waals surface area contributed by atoms with Crippen LogP contribution in [0.25, 0.3) is 0 Å². The number of piperazine rings is 1. The van der Waals surface area contributed by atoms with E-state index in [9.17, 15) is 4.79 Å². The SMILES string of the molecule is CCc1ccc(C2CNCCN2C(=O)c2cncc(Br)c2)cc1.Cl.Cl. The van der Waals surface area contributed by atoms with Gasteiger partial charge in [0.05, 0.1) is 11.6 Å².